The fourth-order valence-electron chi connectivity index (χ4n) is 3.03. The predicted octanol–water partition coefficient (Wildman–Crippen LogP) is 1.47. The van der Waals surface area contributed by atoms with Crippen LogP contribution < -0.4 is 10.9 Å². The third-order valence-electron chi connectivity index (χ3n) is 4.53. The van der Waals surface area contributed by atoms with Crippen LogP contribution in [0.25, 0.3) is 0 Å². The summed E-state index contributed by atoms with van der Waals surface area (Å²) >= 11 is 0. The molecule has 1 N–H and O–H groups in total. The lowest BCUT2D eigenvalue weighted by atomic mass is 10.1. The van der Waals surface area contributed by atoms with Gasteiger partial charge in [-0.25, -0.2) is 8.42 Å². The number of hydrogen-bond donors (Lipinski definition) is 1. The van der Waals surface area contributed by atoms with Gasteiger partial charge in [-0.15, -0.1) is 0 Å². The predicted molar refractivity (Wildman–Crippen MR) is 104 cm³/mol. The smallest absolute Gasteiger partial charge is 0.251 e. The van der Waals surface area contributed by atoms with Crippen LogP contribution in [0.1, 0.15) is 30.1 Å². The molecule has 0 saturated carbocycles. The average molecular weight is 403 g/mol. The second-order valence-electron chi connectivity index (χ2n) is 6.63. The van der Waals surface area contributed by atoms with Crippen molar-refractivity contribution in [2.75, 3.05) is 18.4 Å². The van der Waals surface area contributed by atoms with Crippen molar-refractivity contribution in [3.05, 3.63) is 58.5 Å². The molecule has 1 saturated heterocycles. The Labute approximate surface area is 162 Å². The van der Waals surface area contributed by atoms with Crippen LogP contribution in [0.2, 0.25) is 0 Å². The molecular formula is C19H21N3O5S. The van der Waals surface area contributed by atoms with Crippen LogP contribution >= 0.6 is 0 Å². The summed E-state index contributed by atoms with van der Waals surface area (Å²) < 4.78 is 27.8. The van der Waals surface area contributed by atoms with Gasteiger partial charge in [0.05, 0.1) is 4.90 Å². The van der Waals surface area contributed by atoms with Gasteiger partial charge in [0.25, 0.3) is 5.56 Å². The lowest BCUT2D eigenvalue weighted by Gasteiger charge is -2.16. The molecule has 0 aliphatic carbocycles. The molecule has 8 nitrogen and oxygen atoms in total. The molecule has 1 aromatic heterocycles. The summed E-state index contributed by atoms with van der Waals surface area (Å²) in [5, 5.41) is 2.62. The van der Waals surface area contributed by atoms with E-state index < -0.39 is 21.5 Å². The molecule has 1 aliphatic heterocycles. The SMILES string of the molecule is CC(=O)c1cccc(NC(=O)Cn2cc(S(=O)(=O)N3CCCC3)ccc2=O)c1. The Balaban J connectivity index is 1.78. The number of anilines is 1. The zero-order valence-corrected chi connectivity index (χ0v) is 16.2. The summed E-state index contributed by atoms with van der Waals surface area (Å²) in [6.07, 6.45) is 2.81. The quantitative estimate of drug-likeness (QED) is 0.736. The van der Waals surface area contributed by atoms with Crippen LogP contribution in [0.15, 0.2) is 52.3 Å². The van der Waals surface area contributed by atoms with Crippen LogP contribution in [-0.4, -0.2) is 42.1 Å². The van der Waals surface area contributed by atoms with Gasteiger partial charge in [-0.05, 0) is 38.0 Å². The molecule has 1 aromatic carbocycles. The summed E-state index contributed by atoms with van der Waals surface area (Å²) in [7, 11) is -3.68. The number of rotatable bonds is 6. The zero-order chi connectivity index (χ0) is 20.3. The van der Waals surface area contributed by atoms with Crippen LogP contribution in [0.4, 0.5) is 5.69 Å². The molecule has 3 rings (SSSR count). The van der Waals surface area contributed by atoms with Crippen molar-refractivity contribution in [2.24, 2.45) is 0 Å². The number of benzene rings is 1. The lowest BCUT2D eigenvalue weighted by Crippen LogP contribution is -2.31. The third-order valence-corrected chi connectivity index (χ3v) is 6.41. The molecule has 1 amide bonds. The number of pyridine rings is 1. The highest BCUT2D eigenvalue weighted by Gasteiger charge is 2.27. The number of Topliss-reactive ketones (excluding diaryl/α,β-unsaturated/α-hetero) is 1. The minimum absolute atomic E-state index is 0.0135. The number of carbonyl (C=O) groups is 2. The van der Waals surface area contributed by atoms with Crippen molar-refractivity contribution >= 4 is 27.4 Å². The van der Waals surface area contributed by atoms with Crippen molar-refractivity contribution in [1.29, 1.82) is 0 Å². The first-order chi connectivity index (χ1) is 13.3. The number of nitrogens with zero attached hydrogens (tertiary/aromatic N) is 2. The Morgan fingerprint density at radius 1 is 1.11 bits per heavy atom. The van der Waals surface area contributed by atoms with Gasteiger partial charge in [0.15, 0.2) is 5.78 Å². The fraction of sp³-hybridized carbons (Fsp3) is 0.316. The Morgan fingerprint density at radius 3 is 2.50 bits per heavy atom. The summed E-state index contributed by atoms with van der Waals surface area (Å²) in [4.78, 5) is 35.8. The summed E-state index contributed by atoms with van der Waals surface area (Å²) in [6, 6.07) is 8.85. The van der Waals surface area contributed by atoms with E-state index in [4.69, 9.17) is 0 Å². The fourth-order valence-corrected chi connectivity index (χ4v) is 4.57. The average Bonchev–Trinajstić information content (AvgIpc) is 3.19. The van der Waals surface area contributed by atoms with Gasteiger partial charge in [0.2, 0.25) is 15.9 Å². The summed E-state index contributed by atoms with van der Waals surface area (Å²) in [5.74, 6) is -0.634. The molecule has 148 valence electrons. The molecule has 28 heavy (non-hydrogen) atoms. The monoisotopic (exact) mass is 403 g/mol. The standard InChI is InChI=1S/C19H21N3O5S/c1-14(23)15-5-4-6-16(11-15)20-18(24)13-21-12-17(7-8-19(21)25)28(26,27)22-9-2-3-10-22/h4-8,11-12H,2-3,9-10,13H2,1H3,(H,20,24). The van der Waals surface area contributed by atoms with Gasteiger partial charge in [0.1, 0.15) is 6.54 Å². The van der Waals surface area contributed by atoms with E-state index in [2.05, 4.69) is 5.32 Å². The number of nitrogens with one attached hydrogen (secondary N) is 1. The van der Waals surface area contributed by atoms with Gasteiger partial charge in [-0.3, -0.25) is 14.4 Å². The minimum atomic E-state index is -3.68. The Hall–Kier alpha value is -2.78. The molecule has 2 aromatic rings. The molecule has 0 bridgehead atoms. The van der Waals surface area contributed by atoms with Crippen molar-refractivity contribution in [3.8, 4) is 0 Å². The number of sulfonamides is 1. The Kier molecular flexibility index (Phi) is 5.76. The summed E-state index contributed by atoms with van der Waals surface area (Å²) in [6.45, 7) is 1.99. The summed E-state index contributed by atoms with van der Waals surface area (Å²) in [5.41, 5.74) is 0.397. The van der Waals surface area contributed by atoms with Crippen molar-refractivity contribution in [1.82, 2.24) is 8.87 Å². The Morgan fingerprint density at radius 2 is 1.82 bits per heavy atom. The number of carbonyl (C=O) groups excluding carboxylic acids is 2. The van der Waals surface area contributed by atoms with Gasteiger partial charge in [-0.2, -0.15) is 4.31 Å². The van der Waals surface area contributed by atoms with Crippen molar-refractivity contribution in [2.45, 2.75) is 31.2 Å². The van der Waals surface area contributed by atoms with Gasteiger partial charge >= 0.3 is 0 Å². The normalized spacial score (nSPS) is 14.8. The maximum Gasteiger partial charge on any atom is 0.251 e. The highest BCUT2D eigenvalue weighted by molar-refractivity contribution is 7.89. The largest absolute Gasteiger partial charge is 0.325 e. The first-order valence-electron chi connectivity index (χ1n) is 8.89. The van der Waals surface area contributed by atoms with E-state index >= 15 is 0 Å². The first kappa shape index (κ1) is 20.0. The second-order valence-corrected chi connectivity index (χ2v) is 8.57. The molecule has 0 unspecified atom stereocenters. The van der Waals surface area contributed by atoms with Crippen molar-refractivity contribution in [3.63, 3.8) is 0 Å². The van der Waals surface area contributed by atoms with E-state index in [1.807, 2.05) is 0 Å². The highest BCUT2D eigenvalue weighted by Crippen LogP contribution is 2.19. The van der Waals surface area contributed by atoms with Crippen molar-refractivity contribution < 1.29 is 18.0 Å². The molecular weight excluding hydrogens is 382 g/mol. The van der Waals surface area contributed by atoms with Crippen LogP contribution in [-0.2, 0) is 21.4 Å². The molecule has 0 spiro atoms. The van der Waals surface area contributed by atoms with E-state index in [1.54, 1.807) is 18.2 Å². The molecule has 1 fully saturated rings. The number of amides is 1. The van der Waals surface area contributed by atoms with E-state index in [9.17, 15) is 22.8 Å². The maximum atomic E-state index is 12.7. The Bertz CT molecular complexity index is 1070. The van der Waals surface area contributed by atoms with Gasteiger partial charge in [0, 0.05) is 36.6 Å². The zero-order valence-electron chi connectivity index (χ0n) is 15.4. The maximum absolute atomic E-state index is 12.7. The van der Waals surface area contributed by atoms with Crippen LogP contribution in [0.3, 0.4) is 0 Å². The van der Waals surface area contributed by atoms with E-state index in [-0.39, 0.29) is 17.2 Å². The highest BCUT2D eigenvalue weighted by atomic mass is 32.2. The van der Waals surface area contributed by atoms with E-state index in [0.29, 0.717) is 24.3 Å². The second kappa shape index (κ2) is 8.07. The molecule has 0 radical (unpaired) electrons. The molecule has 9 heteroatoms. The van der Waals surface area contributed by atoms with Gasteiger partial charge < -0.3 is 9.88 Å². The number of hydrogen-bond acceptors (Lipinski definition) is 5. The van der Waals surface area contributed by atoms with E-state index in [1.165, 1.54) is 29.6 Å². The minimum Gasteiger partial charge on any atom is -0.325 e. The lowest BCUT2D eigenvalue weighted by molar-refractivity contribution is -0.116. The van der Waals surface area contributed by atoms with E-state index in [0.717, 1.165) is 23.5 Å². The first-order valence-corrected chi connectivity index (χ1v) is 10.3. The van der Waals surface area contributed by atoms with Gasteiger partial charge in [-0.1, -0.05) is 12.1 Å². The topological polar surface area (TPSA) is 106 Å². The van der Waals surface area contributed by atoms with Crippen LogP contribution in [0, 0.1) is 0 Å². The van der Waals surface area contributed by atoms with Crippen LogP contribution in [0.5, 0.6) is 0 Å². The molecule has 2 heterocycles. The molecule has 1 aliphatic rings. The number of ketones is 1. The molecule has 0 atom stereocenters. The number of aromatic nitrogens is 1. The third kappa shape index (κ3) is 4.37.